The molecule has 0 spiro atoms. The third kappa shape index (κ3) is 10.2. The van der Waals surface area contributed by atoms with E-state index in [1.807, 2.05) is 0 Å². The van der Waals surface area contributed by atoms with Crippen molar-refractivity contribution in [3.05, 3.63) is 0 Å². The third-order valence-corrected chi connectivity index (χ3v) is 0.862. The molecule has 1 N–H and O–H groups in total. The second-order valence-corrected chi connectivity index (χ2v) is 2.38. The summed E-state index contributed by atoms with van der Waals surface area (Å²) in [6, 6.07) is 0. The van der Waals surface area contributed by atoms with Crippen molar-refractivity contribution >= 4 is 16.3 Å². The van der Waals surface area contributed by atoms with Crippen molar-refractivity contribution < 1.29 is 64.4 Å². The topological polar surface area (TPSA) is 81.0 Å². The Kier molecular flexibility index (Phi) is 7.52. The van der Waals surface area contributed by atoms with Crippen LogP contribution in [0.4, 0.5) is 0 Å². The molecule has 0 saturated carbocycles. The van der Waals surface area contributed by atoms with E-state index in [2.05, 4.69) is 0 Å². The van der Waals surface area contributed by atoms with E-state index < -0.39 is 15.9 Å². The zero-order chi connectivity index (χ0) is 5.91. The van der Waals surface area contributed by atoms with E-state index in [1.165, 1.54) is 0 Å². The number of hydrogen-bond acceptors (Lipinski definition) is 4. The molecule has 0 radical (unpaired) electrons. The first-order valence-corrected chi connectivity index (χ1v) is 3.06. The fraction of sp³-hybridized carbons (Fsp3) is 0.500. The predicted octanol–water partition coefficient (Wildman–Crippen LogP) is -3.81. The predicted molar refractivity (Wildman–Crippen MR) is 23.3 cm³/mol. The first-order valence-electron chi connectivity index (χ1n) is 1.49. The minimum Gasteiger partial charge on any atom is -0.748 e. The van der Waals surface area contributed by atoms with E-state index in [0.717, 1.165) is 0 Å². The molecule has 42 valence electrons. The smallest absolute Gasteiger partial charge is 0.748 e. The van der Waals surface area contributed by atoms with Gasteiger partial charge in [-0.05, 0) is 0 Å². The fourth-order valence-corrected chi connectivity index (χ4v) is 0.306. The van der Waals surface area contributed by atoms with E-state index in [-0.39, 0.29) is 51.4 Å². The van der Waals surface area contributed by atoms with E-state index in [1.54, 1.807) is 0 Å². The summed E-state index contributed by atoms with van der Waals surface area (Å²) in [5.41, 5.74) is 0. The molecule has 0 aromatic heterocycles. The van der Waals surface area contributed by atoms with E-state index in [9.17, 15) is 13.0 Å². The maximum atomic E-state index is 9.52. The zero-order valence-electron chi connectivity index (χ0n) is 4.42. The number of rotatable bonds is 2. The Morgan fingerprint density at radius 2 is 2.00 bits per heavy atom. The van der Waals surface area contributed by atoms with E-state index in [0.29, 0.717) is 6.21 Å². The molecule has 0 aliphatic carbocycles. The molecule has 0 unspecified atom stereocenters. The Morgan fingerprint density at radius 3 is 2.00 bits per heavy atom. The fourth-order valence-electron chi connectivity index (χ4n) is 0.102. The summed E-state index contributed by atoms with van der Waals surface area (Å²) >= 11 is 0. The number of nitrogens with one attached hydrogen (secondary N) is 1. The van der Waals surface area contributed by atoms with Crippen molar-refractivity contribution in [2.24, 2.45) is 0 Å². The largest absolute Gasteiger partial charge is 1.00 e. The van der Waals surface area contributed by atoms with Crippen LogP contribution in [-0.2, 0) is 10.1 Å². The Labute approximate surface area is 90.3 Å². The molecule has 0 bridgehead atoms. The van der Waals surface area contributed by atoms with Gasteiger partial charge in [0.25, 0.3) is 0 Å². The molecule has 0 amide bonds. The Morgan fingerprint density at radius 1 is 1.62 bits per heavy atom. The summed E-state index contributed by atoms with van der Waals surface area (Å²) in [5, 5.41) is 6.15. The summed E-state index contributed by atoms with van der Waals surface area (Å²) in [4.78, 5) is 0. The molecule has 0 aliphatic rings. The van der Waals surface area contributed by atoms with Crippen LogP contribution in [0.2, 0.25) is 0 Å². The van der Waals surface area contributed by atoms with Gasteiger partial charge in [0.2, 0.25) is 0 Å². The molecule has 0 aliphatic heterocycles. The van der Waals surface area contributed by atoms with E-state index in [4.69, 9.17) is 5.41 Å². The molecular weight excluding hydrogens is 157 g/mol. The second kappa shape index (κ2) is 5.04. The monoisotopic (exact) mass is 161 g/mol. The molecule has 4 nitrogen and oxygen atoms in total. The normalized spacial score (nSPS) is 9.62. The Hall–Kier alpha value is 1.22. The van der Waals surface area contributed by atoms with Crippen molar-refractivity contribution in [2.45, 2.75) is 0 Å². The van der Waals surface area contributed by atoms with Crippen LogP contribution in [0.25, 0.3) is 0 Å². The van der Waals surface area contributed by atoms with Crippen LogP contribution >= 0.6 is 0 Å². The summed E-state index contributed by atoms with van der Waals surface area (Å²) in [5.74, 6) is -0.701. The first kappa shape index (κ1) is 11.9. The maximum absolute atomic E-state index is 9.52. The minimum absolute atomic E-state index is 0. The van der Waals surface area contributed by atoms with Gasteiger partial charge in [-0.2, -0.15) is 0 Å². The molecule has 0 fully saturated rings. The molecular formula is C2H4KNO3S. The molecule has 0 saturated heterocycles. The second-order valence-electron chi connectivity index (χ2n) is 0.928. The van der Waals surface area contributed by atoms with Gasteiger partial charge in [0, 0.05) is 6.21 Å². The molecule has 0 aromatic rings. The minimum atomic E-state index is -4.17. The van der Waals surface area contributed by atoms with Gasteiger partial charge in [-0.3, -0.25) is 0 Å². The average molecular weight is 161 g/mol. The zero-order valence-corrected chi connectivity index (χ0v) is 8.36. The average Bonchev–Trinajstić information content (AvgIpc) is 1.30. The number of hydrogen-bond donors (Lipinski definition) is 1. The van der Waals surface area contributed by atoms with Crippen LogP contribution in [0.15, 0.2) is 0 Å². The van der Waals surface area contributed by atoms with E-state index >= 15 is 0 Å². The van der Waals surface area contributed by atoms with Crippen LogP contribution in [0.1, 0.15) is 0 Å². The molecule has 0 atom stereocenters. The van der Waals surface area contributed by atoms with Crippen LogP contribution in [0.5, 0.6) is 0 Å². The molecule has 0 rings (SSSR count). The van der Waals surface area contributed by atoms with Gasteiger partial charge in [-0.25, -0.2) is 8.42 Å². The SMILES string of the molecule is N=CCS(=O)(=O)[O-].[K+]. The van der Waals surface area contributed by atoms with Crippen LogP contribution in [0.3, 0.4) is 0 Å². The maximum Gasteiger partial charge on any atom is 1.00 e. The van der Waals surface area contributed by atoms with Gasteiger partial charge in [0.1, 0.15) is 0 Å². The van der Waals surface area contributed by atoms with Gasteiger partial charge in [-0.1, -0.05) is 0 Å². The summed E-state index contributed by atoms with van der Waals surface area (Å²) < 4.78 is 28.6. The van der Waals surface area contributed by atoms with Gasteiger partial charge in [-0.15, -0.1) is 0 Å². The summed E-state index contributed by atoms with van der Waals surface area (Å²) in [7, 11) is -4.17. The van der Waals surface area contributed by atoms with Crippen molar-refractivity contribution in [1.82, 2.24) is 0 Å². The van der Waals surface area contributed by atoms with Gasteiger partial charge >= 0.3 is 51.4 Å². The van der Waals surface area contributed by atoms with Crippen molar-refractivity contribution in [3.8, 4) is 0 Å². The van der Waals surface area contributed by atoms with Crippen molar-refractivity contribution in [2.75, 3.05) is 5.75 Å². The van der Waals surface area contributed by atoms with Crippen LogP contribution in [0, 0.1) is 5.41 Å². The summed E-state index contributed by atoms with van der Waals surface area (Å²) in [6.07, 6.45) is 0.558. The quantitative estimate of drug-likeness (QED) is 0.256. The molecule has 0 aromatic carbocycles. The molecule has 8 heavy (non-hydrogen) atoms. The van der Waals surface area contributed by atoms with Crippen LogP contribution < -0.4 is 51.4 Å². The molecule has 0 heterocycles. The standard InChI is InChI=1S/C2H5NO3S.K/c3-1-2-7(4,5)6;/h1,3H,2H2,(H,4,5,6);/q;+1/p-1. The third-order valence-electron chi connectivity index (χ3n) is 0.287. The van der Waals surface area contributed by atoms with Gasteiger partial charge < -0.3 is 9.96 Å². The first-order chi connectivity index (χ1) is 3.06. The summed E-state index contributed by atoms with van der Waals surface area (Å²) in [6.45, 7) is 0. The molecule has 6 heteroatoms. The van der Waals surface area contributed by atoms with Crippen molar-refractivity contribution in [3.63, 3.8) is 0 Å². The Balaban J connectivity index is 0. The van der Waals surface area contributed by atoms with Crippen molar-refractivity contribution in [1.29, 1.82) is 5.41 Å². The Bertz CT molecular complexity index is 151. The van der Waals surface area contributed by atoms with Gasteiger partial charge in [0.05, 0.1) is 15.9 Å². The van der Waals surface area contributed by atoms with Crippen LogP contribution in [-0.4, -0.2) is 24.9 Å². The van der Waals surface area contributed by atoms with Gasteiger partial charge in [0.15, 0.2) is 0 Å².